The number of fused-ring (bicyclic) bond motifs is 1. The van der Waals surface area contributed by atoms with Crippen molar-refractivity contribution in [2.24, 2.45) is 0 Å². The van der Waals surface area contributed by atoms with Gasteiger partial charge in [0.2, 0.25) is 0 Å². The van der Waals surface area contributed by atoms with Crippen LogP contribution in [-0.2, 0) is 6.42 Å². The molecule has 0 aliphatic carbocycles. The Labute approximate surface area is 114 Å². The normalized spacial score (nSPS) is 10.8. The van der Waals surface area contributed by atoms with Crippen molar-refractivity contribution in [2.75, 3.05) is 0 Å². The maximum atomic E-state index is 10.9. The van der Waals surface area contributed by atoms with Crippen molar-refractivity contribution in [2.45, 2.75) is 6.42 Å². The molecule has 0 fully saturated rings. The van der Waals surface area contributed by atoms with E-state index in [0.29, 0.717) is 28.5 Å². The summed E-state index contributed by atoms with van der Waals surface area (Å²) in [6, 6.07) is 11.1. The highest BCUT2D eigenvalue weighted by Crippen LogP contribution is 2.13. The van der Waals surface area contributed by atoms with E-state index in [1.807, 2.05) is 24.3 Å². The topological polar surface area (TPSA) is 47.3 Å². The summed E-state index contributed by atoms with van der Waals surface area (Å²) in [6.45, 7) is 0. The van der Waals surface area contributed by atoms with E-state index in [9.17, 15) is 4.79 Å². The molecule has 0 radical (unpaired) electrons. The molecule has 3 aromatic rings. The Bertz CT molecular complexity index is 734. The summed E-state index contributed by atoms with van der Waals surface area (Å²) in [5.74, 6) is 0.677. The van der Waals surface area contributed by atoms with Crippen LogP contribution in [0.4, 0.5) is 0 Å². The van der Waals surface area contributed by atoms with Crippen LogP contribution in [0.3, 0.4) is 0 Å². The first-order valence-corrected chi connectivity index (χ1v) is 6.18. The van der Waals surface area contributed by atoms with Crippen LogP contribution in [0.1, 0.15) is 21.7 Å². The van der Waals surface area contributed by atoms with Gasteiger partial charge in [-0.2, -0.15) is 5.10 Å². The molecule has 2 heterocycles. The Hall–Kier alpha value is -2.20. The van der Waals surface area contributed by atoms with Crippen LogP contribution in [0.15, 0.2) is 42.6 Å². The van der Waals surface area contributed by atoms with Gasteiger partial charge in [0.15, 0.2) is 17.8 Å². The second kappa shape index (κ2) is 4.82. The Morgan fingerprint density at radius 1 is 1.21 bits per heavy atom. The first kappa shape index (κ1) is 11.9. The number of halogens is 1. The van der Waals surface area contributed by atoms with E-state index in [1.165, 1.54) is 0 Å². The van der Waals surface area contributed by atoms with Crippen LogP contribution >= 0.6 is 11.6 Å². The molecule has 0 aliphatic rings. The van der Waals surface area contributed by atoms with Gasteiger partial charge in [0.05, 0.1) is 5.56 Å². The van der Waals surface area contributed by atoms with Gasteiger partial charge < -0.3 is 0 Å². The molecule has 0 N–H and O–H groups in total. The Kier molecular flexibility index (Phi) is 3.01. The summed E-state index contributed by atoms with van der Waals surface area (Å²) in [7, 11) is 0. The first-order valence-electron chi connectivity index (χ1n) is 5.80. The van der Waals surface area contributed by atoms with Crippen molar-refractivity contribution >= 4 is 23.5 Å². The predicted molar refractivity (Wildman–Crippen MR) is 72.6 cm³/mol. The van der Waals surface area contributed by atoms with Gasteiger partial charge in [0.25, 0.3) is 0 Å². The summed E-state index contributed by atoms with van der Waals surface area (Å²) >= 11 is 5.84. The van der Waals surface area contributed by atoms with Crippen LogP contribution in [0.2, 0.25) is 5.02 Å². The lowest BCUT2D eigenvalue weighted by Gasteiger charge is -1.96. The lowest BCUT2D eigenvalue weighted by molar-refractivity contribution is 0.112. The van der Waals surface area contributed by atoms with E-state index in [-0.39, 0.29) is 0 Å². The van der Waals surface area contributed by atoms with Gasteiger partial charge >= 0.3 is 0 Å². The molecule has 3 rings (SSSR count). The predicted octanol–water partition coefficient (Wildman–Crippen LogP) is 2.79. The minimum atomic E-state index is 0.539. The maximum Gasteiger partial charge on any atom is 0.166 e. The highest BCUT2D eigenvalue weighted by molar-refractivity contribution is 6.30. The molecule has 94 valence electrons. The number of hydrogen-bond acceptors (Lipinski definition) is 3. The number of pyridine rings is 1. The van der Waals surface area contributed by atoms with Gasteiger partial charge in [-0.15, -0.1) is 0 Å². The molecule has 2 aromatic heterocycles. The first-order chi connectivity index (χ1) is 9.26. The van der Waals surface area contributed by atoms with Crippen LogP contribution < -0.4 is 0 Å². The van der Waals surface area contributed by atoms with Gasteiger partial charge in [-0.05, 0) is 29.8 Å². The van der Waals surface area contributed by atoms with Crippen LogP contribution in [-0.4, -0.2) is 20.9 Å². The number of rotatable bonds is 3. The smallest absolute Gasteiger partial charge is 0.166 e. The zero-order valence-electron chi connectivity index (χ0n) is 9.95. The number of hydrogen-bond donors (Lipinski definition) is 0. The second-order valence-electron chi connectivity index (χ2n) is 4.18. The standard InChI is InChI=1S/C14H10ClN3O/c15-12-5-3-10(4-6-12)8-13-16-14-11(9-19)2-1-7-18(14)17-13/h1-7,9H,8H2. The minimum Gasteiger partial charge on any atom is -0.298 e. The van der Waals surface area contributed by atoms with Crippen LogP contribution in [0.25, 0.3) is 5.65 Å². The second-order valence-corrected chi connectivity index (χ2v) is 4.62. The molecule has 0 unspecified atom stereocenters. The maximum absolute atomic E-state index is 10.9. The van der Waals surface area contributed by atoms with Crippen LogP contribution in [0.5, 0.6) is 0 Å². The molecule has 1 aromatic carbocycles. The van der Waals surface area contributed by atoms with E-state index in [4.69, 9.17) is 11.6 Å². The molecule has 0 saturated carbocycles. The fraction of sp³-hybridized carbons (Fsp3) is 0.0714. The molecule has 0 aliphatic heterocycles. The minimum absolute atomic E-state index is 0.539. The average Bonchev–Trinajstić information content (AvgIpc) is 2.83. The van der Waals surface area contributed by atoms with Gasteiger partial charge in [-0.25, -0.2) is 9.50 Å². The third-order valence-electron chi connectivity index (χ3n) is 2.84. The zero-order valence-corrected chi connectivity index (χ0v) is 10.7. The molecule has 0 amide bonds. The zero-order chi connectivity index (χ0) is 13.2. The van der Waals surface area contributed by atoms with Crippen molar-refractivity contribution in [3.63, 3.8) is 0 Å². The molecule has 0 spiro atoms. The third kappa shape index (κ3) is 2.35. The molecular weight excluding hydrogens is 262 g/mol. The van der Waals surface area contributed by atoms with E-state index in [0.717, 1.165) is 11.8 Å². The highest BCUT2D eigenvalue weighted by atomic mass is 35.5. The monoisotopic (exact) mass is 271 g/mol. The third-order valence-corrected chi connectivity index (χ3v) is 3.09. The lowest BCUT2D eigenvalue weighted by Crippen LogP contribution is -1.92. The average molecular weight is 272 g/mol. The molecule has 0 atom stereocenters. The van der Waals surface area contributed by atoms with Gasteiger partial charge in [-0.3, -0.25) is 4.79 Å². The molecule has 0 saturated heterocycles. The van der Waals surface area contributed by atoms with Crippen LogP contribution in [0, 0.1) is 0 Å². The van der Waals surface area contributed by atoms with Gasteiger partial charge in [-0.1, -0.05) is 23.7 Å². The molecule has 19 heavy (non-hydrogen) atoms. The fourth-order valence-electron chi connectivity index (χ4n) is 1.92. The number of nitrogens with zero attached hydrogens (tertiary/aromatic N) is 3. The van der Waals surface area contributed by atoms with Gasteiger partial charge in [0, 0.05) is 17.6 Å². The fourth-order valence-corrected chi connectivity index (χ4v) is 2.05. The number of carbonyl (C=O) groups is 1. The van der Waals surface area contributed by atoms with Crippen molar-refractivity contribution in [3.05, 3.63) is 64.6 Å². The number of aromatic nitrogens is 3. The van der Waals surface area contributed by atoms with Crippen molar-refractivity contribution in [1.82, 2.24) is 14.6 Å². The summed E-state index contributed by atoms with van der Waals surface area (Å²) < 4.78 is 1.62. The quantitative estimate of drug-likeness (QED) is 0.688. The lowest BCUT2D eigenvalue weighted by atomic mass is 10.1. The number of aldehydes is 1. The summed E-state index contributed by atoms with van der Waals surface area (Å²) in [4.78, 5) is 15.3. The molecular formula is C14H10ClN3O. The highest BCUT2D eigenvalue weighted by Gasteiger charge is 2.07. The van der Waals surface area contributed by atoms with E-state index >= 15 is 0 Å². The van der Waals surface area contributed by atoms with E-state index < -0.39 is 0 Å². The number of carbonyl (C=O) groups excluding carboxylic acids is 1. The van der Waals surface area contributed by atoms with Crippen molar-refractivity contribution in [1.29, 1.82) is 0 Å². The summed E-state index contributed by atoms with van der Waals surface area (Å²) in [5.41, 5.74) is 2.20. The Morgan fingerprint density at radius 3 is 2.74 bits per heavy atom. The molecule has 0 bridgehead atoms. The summed E-state index contributed by atoms with van der Waals surface area (Å²) in [6.07, 6.45) is 3.17. The molecule has 5 heteroatoms. The number of benzene rings is 1. The molecule has 4 nitrogen and oxygen atoms in total. The summed E-state index contributed by atoms with van der Waals surface area (Å²) in [5, 5.41) is 5.06. The Morgan fingerprint density at radius 2 is 2.00 bits per heavy atom. The van der Waals surface area contributed by atoms with Crippen molar-refractivity contribution < 1.29 is 4.79 Å². The van der Waals surface area contributed by atoms with Gasteiger partial charge in [0.1, 0.15) is 0 Å². The van der Waals surface area contributed by atoms with Crippen molar-refractivity contribution in [3.8, 4) is 0 Å². The SMILES string of the molecule is O=Cc1cccn2nc(Cc3ccc(Cl)cc3)nc12. The van der Waals surface area contributed by atoms with E-state index in [1.54, 1.807) is 22.8 Å². The van der Waals surface area contributed by atoms with E-state index in [2.05, 4.69) is 10.1 Å². The largest absolute Gasteiger partial charge is 0.298 e. The Balaban J connectivity index is 1.97.